The fraction of sp³-hybridized carbons (Fsp3) is 0.462. The van der Waals surface area contributed by atoms with Crippen LogP contribution in [0.2, 0.25) is 0 Å². The highest BCUT2D eigenvalue weighted by atomic mass is 16.1. The molecule has 0 heterocycles. The van der Waals surface area contributed by atoms with Crippen LogP contribution >= 0.6 is 0 Å². The molecule has 2 nitrogen and oxygen atoms in total. The molecule has 1 aliphatic rings. The first-order valence-electron chi connectivity index (χ1n) is 5.55. The Bertz CT molecular complexity index is 386. The van der Waals surface area contributed by atoms with Crippen molar-refractivity contribution in [2.24, 2.45) is 0 Å². The molecule has 1 unspecified atom stereocenters. The van der Waals surface area contributed by atoms with E-state index in [2.05, 4.69) is 11.4 Å². The van der Waals surface area contributed by atoms with Gasteiger partial charge in [0.25, 0.3) is 0 Å². The molecule has 0 bridgehead atoms. The lowest BCUT2D eigenvalue weighted by atomic mass is 9.78. The van der Waals surface area contributed by atoms with Crippen molar-refractivity contribution in [3.63, 3.8) is 0 Å². The maximum absolute atomic E-state index is 12.3. The van der Waals surface area contributed by atoms with Crippen molar-refractivity contribution in [3.05, 3.63) is 35.4 Å². The molecule has 0 saturated carbocycles. The molecule has 0 spiro atoms. The van der Waals surface area contributed by atoms with Crippen LogP contribution in [-0.4, -0.2) is 17.9 Å². The lowest BCUT2D eigenvalue weighted by Crippen LogP contribution is -2.51. The lowest BCUT2D eigenvalue weighted by Gasteiger charge is -2.33. The first-order chi connectivity index (χ1) is 7.17. The quantitative estimate of drug-likeness (QED) is 0.798. The zero-order valence-electron chi connectivity index (χ0n) is 9.34. The van der Waals surface area contributed by atoms with Crippen LogP contribution in [0, 0.1) is 0 Å². The van der Waals surface area contributed by atoms with Gasteiger partial charge >= 0.3 is 0 Å². The lowest BCUT2D eigenvalue weighted by molar-refractivity contribution is 0.0844. The number of carbonyl (C=O) groups excluding carboxylic acids is 1. The van der Waals surface area contributed by atoms with Crippen molar-refractivity contribution in [1.82, 2.24) is 5.32 Å². The number of Topliss-reactive ketones (excluding diaryl/α,β-unsaturated/α-hetero) is 1. The maximum Gasteiger partial charge on any atom is 0.182 e. The molecule has 0 aliphatic heterocycles. The zero-order valence-corrected chi connectivity index (χ0v) is 9.34. The molecule has 2 rings (SSSR count). The van der Waals surface area contributed by atoms with Gasteiger partial charge in [-0.1, -0.05) is 31.2 Å². The van der Waals surface area contributed by atoms with Crippen molar-refractivity contribution in [2.75, 3.05) is 6.54 Å². The van der Waals surface area contributed by atoms with Gasteiger partial charge < -0.3 is 5.32 Å². The van der Waals surface area contributed by atoms with Crippen LogP contribution in [0.1, 0.15) is 36.2 Å². The summed E-state index contributed by atoms with van der Waals surface area (Å²) in [7, 11) is 0. The molecule has 0 saturated heterocycles. The Morgan fingerprint density at radius 3 is 2.87 bits per heavy atom. The topological polar surface area (TPSA) is 29.1 Å². The molecule has 0 aromatic heterocycles. The molecular formula is C13H17NO. The highest BCUT2D eigenvalue weighted by Gasteiger charge is 2.37. The van der Waals surface area contributed by atoms with E-state index in [1.807, 2.05) is 32.0 Å². The number of likely N-dealkylation sites (N-methyl/N-ethyl adjacent to an activating group) is 1. The van der Waals surface area contributed by atoms with Gasteiger partial charge in [0.1, 0.15) is 0 Å². The Labute approximate surface area is 90.7 Å². The van der Waals surface area contributed by atoms with Crippen LogP contribution < -0.4 is 5.32 Å². The average molecular weight is 203 g/mol. The molecule has 1 N–H and O–H groups in total. The summed E-state index contributed by atoms with van der Waals surface area (Å²) in [5.41, 5.74) is 1.73. The first-order valence-corrected chi connectivity index (χ1v) is 5.55. The van der Waals surface area contributed by atoms with E-state index in [1.165, 1.54) is 5.56 Å². The summed E-state index contributed by atoms with van der Waals surface area (Å²) in [4.78, 5) is 12.3. The summed E-state index contributed by atoms with van der Waals surface area (Å²) in [6.07, 6.45) is 1.89. The Morgan fingerprint density at radius 1 is 1.40 bits per heavy atom. The number of carbonyl (C=O) groups is 1. The molecular weight excluding hydrogens is 186 g/mol. The number of nitrogens with one attached hydrogen (secondary N) is 1. The van der Waals surface area contributed by atoms with Gasteiger partial charge in [0.05, 0.1) is 5.54 Å². The smallest absolute Gasteiger partial charge is 0.182 e. The second-order valence-corrected chi connectivity index (χ2v) is 4.35. The van der Waals surface area contributed by atoms with Gasteiger partial charge in [-0.15, -0.1) is 0 Å². The van der Waals surface area contributed by atoms with E-state index in [1.54, 1.807) is 0 Å². The van der Waals surface area contributed by atoms with Crippen LogP contribution in [0.15, 0.2) is 24.3 Å². The molecule has 80 valence electrons. The van der Waals surface area contributed by atoms with Gasteiger partial charge in [0.2, 0.25) is 0 Å². The van der Waals surface area contributed by atoms with Crippen LogP contribution in [0.4, 0.5) is 0 Å². The molecule has 1 atom stereocenters. The van der Waals surface area contributed by atoms with Crippen LogP contribution in [0.3, 0.4) is 0 Å². The van der Waals surface area contributed by atoms with E-state index >= 15 is 0 Å². The summed E-state index contributed by atoms with van der Waals surface area (Å²) in [6, 6.07) is 7.93. The Kier molecular flexibility index (Phi) is 2.61. The third-order valence-electron chi connectivity index (χ3n) is 3.22. The van der Waals surface area contributed by atoms with E-state index in [4.69, 9.17) is 0 Å². The van der Waals surface area contributed by atoms with Gasteiger partial charge in [-0.25, -0.2) is 0 Å². The summed E-state index contributed by atoms with van der Waals surface area (Å²) < 4.78 is 0. The average Bonchev–Trinajstić information content (AvgIpc) is 2.25. The third-order valence-corrected chi connectivity index (χ3v) is 3.22. The Hall–Kier alpha value is -1.15. The van der Waals surface area contributed by atoms with E-state index in [-0.39, 0.29) is 11.3 Å². The number of rotatable bonds is 2. The molecule has 1 aromatic carbocycles. The zero-order chi connectivity index (χ0) is 10.9. The summed E-state index contributed by atoms with van der Waals surface area (Å²) in [5, 5.41) is 3.30. The predicted molar refractivity (Wildman–Crippen MR) is 61.2 cm³/mol. The molecule has 1 aliphatic carbocycles. The van der Waals surface area contributed by atoms with Crippen molar-refractivity contribution >= 4 is 5.78 Å². The number of hydrogen-bond donors (Lipinski definition) is 1. The van der Waals surface area contributed by atoms with Crippen LogP contribution in [-0.2, 0) is 6.42 Å². The summed E-state index contributed by atoms with van der Waals surface area (Å²) in [5.74, 6) is 0.242. The van der Waals surface area contributed by atoms with E-state index in [9.17, 15) is 4.79 Å². The standard InChI is InChI=1S/C13H17NO/c1-3-14-13(2)9-8-10-6-4-5-7-11(10)12(13)15/h4-7,14H,3,8-9H2,1-2H3. The Morgan fingerprint density at radius 2 is 2.13 bits per heavy atom. The molecule has 0 radical (unpaired) electrons. The summed E-state index contributed by atoms with van der Waals surface area (Å²) in [6.45, 7) is 4.89. The molecule has 1 aromatic rings. The minimum absolute atomic E-state index is 0.242. The number of aryl methyl sites for hydroxylation is 1. The molecule has 2 heteroatoms. The van der Waals surface area contributed by atoms with Gasteiger partial charge in [-0.05, 0) is 31.9 Å². The summed E-state index contributed by atoms with van der Waals surface area (Å²) >= 11 is 0. The minimum atomic E-state index is -0.358. The van der Waals surface area contributed by atoms with Gasteiger partial charge in [0.15, 0.2) is 5.78 Å². The SMILES string of the molecule is CCNC1(C)CCc2ccccc2C1=O. The normalized spacial score (nSPS) is 25.1. The van der Waals surface area contributed by atoms with Gasteiger partial charge in [-0.3, -0.25) is 4.79 Å². The van der Waals surface area contributed by atoms with Crippen molar-refractivity contribution in [2.45, 2.75) is 32.2 Å². The molecule has 0 fully saturated rings. The fourth-order valence-electron chi connectivity index (χ4n) is 2.31. The predicted octanol–water partition coefficient (Wildman–Crippen LogP) is 2.18. The minimum Gasteiger partial charge on any atom is -0.305 e. The number of ketones is 1. The van der Waals surface area contributed by atoms with Crippen molar-refractivity contribution in [3.8, 4) is 0 Å². The van der Waals surface area contributed by atoms with Gasteiger partial charge in [-0.2, -0.15) is 0 Å². The maximum atomic E-state index is 12.3. The number of hydrogen-bond acceptors (Lipinski definition) is 2. The second-order valence-electron chi connectivity index (χ2n) is 4.35. The highest BCUT2D eigenvalue weighted by molar-refractivity contribution is 6.05. The Balaban J connectivity index is 2.37. The molecule has 0 amide bonds. The second kappa shape index (κ2) is 3.78. The van der Waals surface area contributed by atoms with Crippen LogP contribution in [0.5, 0.6) is 0 Å². The number of benzene rings is 1. The van der Waals surface area contributed by atoms with Gasteiger partial charge in [0, 0.05) is 5.56 Å². The van der Waals surface area contributed by atoms with Crippen LogP contribution in [0.25, 0.3) is 0 Å². The number of fused-ring (bicyclic) bond motifs is 1. The van der Waals surface area contributed by atoms with Crippen molar-refractivity contribution < 1.29 is 4.79 Å². The van der Waals surface area contributed by atoms with E-state index in [0.717, 1.165) is 24.9 Å². The van der Waals surface area contributed by atoms with Crippen molar-refractivity contribution in [1.29, 1.82) is 0 Å². The van der Waals surface area contributed by atoms with E-state index in [0.29, 0.717) is 0 Å². The third kappa shape index (κ3) is 1.70. The molecule has 15 heavy (non-hydrogen) atoms. The first kappa shape index (κ1) is 10.4. The highest BCUT2D eigenvalue weighted by Crippen LogP contribution is 2.28. The van der Waals surface area contributed by atoms with E-state index < -0.39 is 0 Å². The largest absolute Gasteiger partial charge is 0.305 e. The monoisotopic (exact) mass is 203 g/mol. The fourth-order valence-corrected chi connectivity index (χ4v) is 2.31.